The molecule has 3 heterocycles. The van der Waals surface area contributed by atoms with Crippen molar-refractivity contribution in [3.05, 3.63) is 58.4 Å². The van der Waals surface area contributed by atoms with Gasteiger partial charge in [0.05, 0.1) is 11.6 Å². The van der Waals surface area contributed by atoms with Crippen LogP contribution >= 0.6 is 0 Å². The minimum absolute atomic E-state index is 0.0405. The van der Waals surface area contributed by atoms with E-state index in [0.717, 1.165) is 6.42 Å². The van der Waals surface area contributed by atoms with Crippen molar-refractivity contribution in [2.75, 3.05) is 6.54 Å². The summed E-state index contributed by atoms with van der Waals surface area (Å²) in [7, 11) is 0. The molecule has 3 N–H and O–H groups in total. The molecule has 0 saturated carbocycles. The summed E-state index contributed by atoms with van der Waals surface area (Å²) in [6.07, 6.45) is 1.08. The molecule has 1 aromatic rings. The van der Waals surface area contributed by atoms with E-state index in [1.165, 1.54) is 11.1 Å². The van der Waals surface area contributed by atoms with E-state index in [9.17, 15) is 33.0 Å². The van der Waals surface area contributed by atoms with Gasteiger partial charge in [-0.05, 0) is 25.7 Å². The van der Waals surface area contributed by atoms with Crippen LogP contribution in [0, 0.1) is 23.4 Å². The quantitative estimate of drug-likeness (QED) is 0.655. The molecular formula is C22H24F3N3O4. The molecule has 2 bridgehead atoms. The third-order valence-electron chi connectivity index (χ3n) is 6.66. The van der Waals surface area contributed by atoms with Gasteiger partial charge in [-0.15, -0.1) is 0 Å². The summed E-state index contributed by atoms with van der Waals surface area (Å²) >= 11 is 0. The molecular weight excluding hydrogens is 427 g/mol. The number of carbonyl (C=O) groups is 2. The first-order valence-electron chi connectivity index (χ1n) is 10.4. The van der Waals surface area contributed by atoms with Crippen molar-refractivity contribution in [3.8, 4) is 0 Å². The topological polar surface area (TPSA) is 93.1 Å². The molecule has 4 unspecified atom stereocenters. The van der Waals surface area contributed by atoms with E-state index in [-0.39, 0.29) is 29.3 Å². The summed E-state index contributed by atoms with van der Waals surface area (Å²) in [5.41, 5.74) is -0.871. The summed E-state index contributed by atoms with van der Waals surface area (Å²) in [5.74, 6) is -5.10. The molecule has 2 fully saturated rings. The van der Waals surface area contributed by atoms with E-state index in [4.69, 9.17) is 0 Å². The summed E-state index contributed by atoms with van der Waals surface area (Å²) < 4.78 is 40.8. The standard InChI is InChI=1S/C22H24F3N3O4/c1-10-3-4-13-8-27(11(10)2)22(32)18-20(30)19(29)15(9-28(13)18)21(31)26-7-14-16(24)5-12(23)6-17(14)25/h5-6,9-11,13,19,29-30H,3-4,7-8H2,1-2H3,(H,26,31). The summed E-state index contributed by atoms with van der Waals surface area (Å²) in [6.45, 7) is 3.81. The zero-order chi connectivity index (χ0) is 23.3. The zero-order valence-electron chi connectivity index (χ0n) is 17.6. The molecule has 7 nitrogen and oxygen atoms in total. The lowest BCUT2D eigenvalue weighted by molar-refractivity contribution is -0.136. The Morgan fingerprint density at radius 2 is 1.84 bits per heavy atom. The molecule has 0 aromatic heterocycles. The molecule has 3 aliphatic heterocycles. The lowest BCUT2D eigenvalue weighted by atomic mass is 9.96. The van der Waals surface area contributed by atoms with Gasteiger partial charge in [0, 0.05) is 43.0 Å². The summed E-state index contributed by atoms with van der Waals surface area (Å²) in [4.78, 5) is 28.9. The Bertz CT molecular complexity index is 1020. The average Bonchev–Trinajstić information content (AvgIpc) is 2.85. The van der Waals surface area contributed by atoms with E-state index in [1.807, 2.05) is 13.8 Å². The van der Waals surface area contributed by atoms with Gasteiger partial charge in [0.25, 0.3) is 11.8 Å². The second kappa shape index (κ2) is 8.16. The molecule has 3 aliphatic rings. The third-order valence-corrected chi connectivity index (χ3v) is 6.66. The number of hydrogen-bond donors (Lipinski definition) is 3. The maximum atomic E-state index is 13.9. The first-order valence-corrected chi connectivity index (χ1v) is 10.4. The average molecular weight is 451 g/mol. The van der Waals surface area contributed by atoms with Crippen LogP contribution in [0.2, 0.25) is 0 Å². The second-order valence-electron chi connectivity index (χ2n) is 8.57. The van der Waals surface area contributed by atoms with Crippen molar-refractivity contribution in [3.63, 3.8) is 0 Å². The van der Waals surface area contributed by atoms with Crippen LogP contribution in [0.3, 0.4) is 0 Å². The normalized spacial score (nSPS) is 27.7. The number of aliphatic hydroxyl groups excluding tert-OH is 2. The smallest absolute Gasteiger partial charge is 0.274 e. The fourth-order valence-corrected chi connectivity index (χ4v) is 4.52. The molecule has 1 aromatic carbocycles. The van der Waals surface area contributed by atoms with Crippen molar-refractivity contribution < 1.29 is 33.0 Å². The van der Waals surface area contributed by atoms with Crippen LogP contribution in [0.5, 0.6) is 0 Å². The predicted molar refractivity (Wildman–Crippen MR) is 107 cm³/mol. The molecule has 0 radical (unpaired) electrons. The number of amides is 2. The molecule has 4 rings (SSSR count). The molecule has 32 heavy (non-hydrogen) atoms. The number of fused-ring (bicyclic) bond motifs is 4. The first kappa shape index (κ1) is 22.2. The van der Waals surface area contributed by atoms with E-state index in [0.29, 0.717) is 25.1 Å². The van der Waals surface area contributed by atoms with Gasteiger partial charge in [-0.1, -0.05) is 6.92 Å². The van der Waals surface area contributed by atoms with Crippen molar-refractivity contribution in [2.24, 2.45) is 5.92 Å². The Kier molecular flexibility index (Phi) is 5.66. The van der Waals surface area contributed by atoms with Gasteiger partial charge in [0.1, 0.15) is 29.3 Å². The van der Waals surface area contributed by atoms with Crippen LogP contribution in [0.25, 0.3) is 0 Å². The largest absolute Gasteiger partial charge is 0.507 e. The van der Waals surface area contributed by atoms with E-state index >= 15 is 0 Å². The molecule has 4 atom stereocenters. The highest BCUT2D eigenvalue weighted by molar-refractivity contribution is 5.99. The lowest BCUT2D eigenvalue weighted by Crippen LogP contribution is -2.57. The SMILES string of the molecule is CC1CCC2CN(C(=O)C3=C(O)C(O)C(C(=O)NCc4c(F)cc(F)cc4F)=CN32)C1C. The Labute approximate surface area is 182 Å². The third kappa shape index (κ3) is 3.62. The minimum Gasteiger partial charge on any atom is -0.507 e. The number of halogens is 3. The van der Waals surface area contributed by atoms with Crippen LogP contribution in [-0.4, -0.2) is 56.6 Å². The highest BCUT2D eigenvalue weighted by atomic mass is 19.1. The molecule has 0 aliphatic carbocycles. The monoisotopic (exact) mass is 451 g/mol. The van der Waals surface area contributed by atoms with Crippen LogP contribution < -0.4 is 5.32 Å². The van der Waals surface area contributed by atoms with Crippen LogP contribution in [0.1, 0.15) is 32.3 Å². The van der Waals surface area contributed by atoms with Gasteiger partial charge in [-0.25, -0.2) is 13.2 Å². The van der Waals surface area contributed by atoms with Gasteiger partial charge in [-0.2, -0.15) is 0 Å². The fourth-order valence-electron chi connectivity index (χ4n) is 4.52. The molecule has 10 heteroatoms. The number of carbonyl (C=O) groups excluding carboxylic acids is 2. The maximum Gasteiger partial charge on any atom is 0.274 e. The van der Waals surface area contributed by atoms with Crippen molar-refractivity contribution in [1.82, 2.24) is 15.1 Å². The number of benzene rings is 1. The van der Waals surface area contributed by atoms with E-state index in [1.54, 1.807) is 4.90 Å². The van der Waals surface area contributed by atoms with Crippen LogP contribution in [0.4, 0.5) is 13.2 Å². The Hall–Kier alpha value is -3.01. The molecule has 0 spiro atoms. The van der Waals surface area contributed by atoms with Gasteiger partial charge in [0.2, 0.25) is 0 Å². The number of aliphatic hydroxyl groups is 2. The van der Waals surface area contributed by atoms with Gasteiger partial charge in [0.15, 0.2) is 5.76 Å². The van der Waals surface area contributed by atoms with E-state index in [2.05, 4.69) is 5.32 Å². The highest BCUT2D eigenvalue weighted by Crippen LogP contribution is 2.37. The molecule has 2 amide bonds. The van der Waals surface area contributed by atoms with Crippen LogP contribution in [-0.2, 0) is 16.1 Å². The fraction of sp³-hybridized carbons (Fsp3) is 0.455. The first-order chi connectivity index (χ1) is 15.1. The number of hydrogen-bond acceptors (Lipinski definition) is 5. The van der Waals surface area contributed by atoms with Crippen molar-refractivity contribution in [1.29, 1.82) is 0 Å². The minimum atomic E-state index is -1.78. The molecule has 2 saturated heterocycles. The number of nitrogens with one attached hydrogen (secondary N) is 1. The van der Waals surface area contributed by atoms with Gasteiger partial charge >= 0.3 is 0 Å². The summed E-state index contributed by atoms with van der Waals surface area (Å²) in [6, 6.07) is 0.763. The molecule has 172 valence electrons. The number of nitrogens with zero attached hydrogens (tertiary/aromatic N) is 2. The predicted octanol–water partition coefficient (Wildman–Crippen LogP) is 2.08. The van der Waals surface area contributed by atoms with Crippen LogP contribution in [0.15, 0.2) is 35.4 Å². The Balaban J connectivity index is 1.59. The number of piperazine rings is 1. The highest BCUT2D eigenvalue weighted by Gasteiger charge is 2.46. The maximum absolute atomic E-state index is 13.9. The number of rotatable bonds is 3. The van der Waals surface area contributed by atoms with Gasteiger partial charge in [-0.3, -0.25) is 9.59 Å². The Morgan fingerprint density at radius 3 is 2.50 bits per heavy atom. The van der Waals surface area contributed by atoms with Crippen molar-refractivity contribution in [2.45, 2.75) is 51.4 Å². The van der Waals surface area contributed by atoms with Crippen molar-refractivity contribution >= 4 is 11.8 Å². The lowest BCUT2D eigenvalue weighted by Gasteiger charge is -2.45. The summed E-state index contributed by atoms with van der Waals surface area (Å²) in [5, 5.41) is 23.4. The zero-order valence-corrected chi connectivity index (χ0v) is 17.6. The van der Waals surface area contributed by atoms with Gasteiger partial charge < -0.3 is 25.3 Å². The second-order valence-corrected chi connectivity index (χ2v) is 8.57. The Morgan fingerprint density at radius 1 is 1.19 bits per heavy atom. The van der Waals surface area contributed by atoms with E-state index < -0.39 is 53.2 Å².